The molecule has 2 rings (SSSR count). The van der Waals surface area contributed by atoms with Crippen LogP contribution in [-0.4, -0.2) is 6.54 Å². The Morgan fingerprint density at radius 3 is 2.41 bits per heavy atom. The van der Waals surface area contributed by atoms with Gasteiger partial charge in [0.1, 0.15) is 0 Å². The molecule has 1 aromatic carbocycles. The summed E-state index contributed by atoms with van der Waals surface area (Å²) in [5, 5.41) is 5.23. The van der Waals surface area contributed by atoms with Crippen LogP contribution in [0.1, 0.15) is 31.7 Å². The molecule has 0 saturated heterocycles. The van der Waals surface area contributed by atoms with Crippen LogP contribution in [0.15, 0.2) is 12.1 Å². The zero-order chi connectivity index (χ0) is 12.5. The third-order valence-electron chi connectivity index (χ3n) is 3.65. The highest BCUT2D eigenvalue weighted by Gasteiger charge is 2.39. The van der Waals surface area contributed by atoms with E-state index < -0.39 is 0 Å². The summed E-state index contributed by atoms with van der Waals surface area (Å²) in [4.78, 5) is 0. The minimum absolute atomic E-state index is 0.525. The molecular formula is C13H16Cl3N. The van der Waals surface area contributed by atoms with Crippen molar-refractivity contribution in [1.29, 1.82) is 0 Å². The molecule has 0 aliphatic heterocycles. The molecule has 1 aliphatic carbocycles. The van der Waals surface area contributed by atoms with E-state index in [0.717, 1.165) is 12.1 Å². The van der Waals surface area contributed by atoms with Gasteiger partial charge in [-0.15, -0.1) is 0 Å². The van der Waals surface area contributed by atoms with Gasteiger partial charge >= 0.3 is 0 Å². The van der Waals surface area contributed by atoms with E-state index in [1.54, 1.807) is 12.1 Å². The first kappa shape index (κ1) is 13.5. The fourth-order valence-corrected chi connectivity index (χ4v) is 2.70. The van der Waals surface area contributed by atoms with Crippen LogP contribution in [0.25, 0.3) is 0 Å². The largest absolute Gasteiger partial charge is 0.312 e. The average molecular weight is 293 g/mol. The number of hydrogen-bond donors (Lipinski definition) is 1. The predicted octanol–water partition coefficient (Wildman–Crippen LogP) is 4.93. The Morgan fingerprint density at radius 2 is 1.82 bits per heavy atom. The van der Waals surface area contributed by atoms with Gasteiger partial charge in [-0.2, -0.15) is 0 Å². The maximum atomic E-state index is 6.14. The summed E-state index contributed by atoms with van der Waals surface area (Å²) in [6, 6.07) is 3.52. The number of rotatable bonds is 5. The summed E-state index contributed by atoms with van der Waals surface area (Å²) < 4.78 is 0. The molecule has 1 N–H and O–H groups in total. The van der Waals surface area contributed by atoms with Crippen LogP contribution in [0.4, 0.5) is 0 Å². The van der Waals surface area contributed by atoms with E-state index in [0.29, 0.717) is 27.0 Å². The van der Waals surface area contributed by atoms with Crippen LogP contribution in [0, 0.1) is 5.41 Å². The van der Waals surface area contributed by atoms with Gasteiger partial charge in [0.2, 0.25) is 0 Å². The lowest BCUT2D eigenvalue weighted by Gasteiger charge is -2.15. The first-order valence-electron chi connectivity index (χ1n) is 5.91. The summed E-state index contributed by atoms with van der Waals surface area (Å²) in [6.07, 6.45) is 3.89. The molecule has 0 spiro atoms. The minimum Gasteiger partial charge on any atom is -0.312 e. The van der Waals surface area contributed by atoms with Gasteiger partial charge in [-0.3, -0.25) is 0 Å². The highest BCUT2D eigenvalue weighted by atomic mass is 35.5. The molecule has 0 atom stereocenters. The van der Waals surface area contributed by atoms with E-state index in [9.17, 15) is 0 Å². The lowest BCUT2D eigenvalue weighted by Crippen LogP contribution is -2.23. The smallest absolute Gasteiger partial charge is 0.0652 e. The van der Waals surface area contributed by atoms with E-state index in [4.69, 9.17) is 34.8 Å². The average Bonchev–Trinajstić information content (AvgIpc) is 3.09. The van der Waals surface area contributed by atoms with Crippen LogP contribution in [0.2, 0.25) is 15.1 Å². The molecule has 1 nitrogen and oxygen atoms in total. The van der Waals surface area contributed by atoms with Gasteiger partial charge < -0.3 is 5.32 Å². The van der Waals surface area contributed by atoms with Crippen molar-refractivity contribution in [2.45, 2.75) is 32.7 Å². The van der Waals surface area contributed by atoms with Crippen molar-refractivity contribution >= 4 is 34.8 Å². The van der Waals surface area contributed by atoms with Crippen molar-refractivity contribution in [2.24, 2.45) is 5.41 Å². The van der Waals surface area contributed by atoms with Gasteiger partial charge in [-0.05, 0) is 36.8 Å². The molecule has 0 radical (unpaired) electrons. The highest BCUT2D eigenvalue weighted by molar-refractivity contribution is 6.44. The molecule has 4 heteroatoms. The van der Waals surface area contributed by atoms with Crippen molar-refractivity contribution in [3.8, 4) is 0 Å². The Hall–Kier alpha value is 0.0500. The SMILES string of the molecule is CCC1(CNCc2c(Cl)ccc(Cl)c2Cl)CC1. The maximum Gasteiger partial charge on any atom is 0.0652 e. The Labute approximate surface area is 117 Å². The number of nitrogens with one attached hydrogen (secondary N) is 1. The Kier molecular flexibility index (Phi) is 4.25. The third-order valence-corrected chi connectivity index (χ3v) is 4.85. The Bertz CT molecular complexity index is 413. The van der Waals surface area contributed by atoms with Crippen molar-refractivity contribution in [3.05, 3.63) is 32.8 Å². The zero-order valence-corrected chi connectivity index (χ0v) is 12.1. The van der Waals surface area contributed by atoms with Crippen molar-refractivity contribution in [3.63, 3.8) is 0 Å². The maximum absolute atomic E-state index is 6.14. The normalized spacial score (nSPS) is 17.2. The monoisotopic (exact) mass is 291 g/mol. The summed E-state index contributed by atoms with van der Waals surface area (Å²) >= 11 is 18.2. The predicted molar refractivity (Wildman–Crippen MR) is 75.1 cm³/mol. The first-order valence-corrected chi connectivity index (χ1v) is 7.04. The van der Waals surface area contributed by atoms with Crippen LogP contribution < -0.4 is 5.32 Å². The fraction of sp³-hybridized carbons (Fsp3) is 0.538. The summed E-state index contributed by atoms with van der Waals surface area (Å²) in [5.74, 6) is 0. The Balaban J connectivity index is 1.97. The van der Waals surface area contributed by atoms with Gasteiger partial charge in [0.25, 0.3) is 0 Å². The zero-order valence-electron chi connectivity index (χ0n) is 9.82. The van der Waals surface area contributed by atoms with E-state index >= 15 is 0 Å². The first-order chi connectivity index (χ1) is 8.08. The molecule has 94 valence electrons. The van der Waals surface area contributed by atoms with Gasteiger partial charge in [-0.1, -0.05) is 41.7 Å². The van der Waals surface area contributed by atoms with E-state index in [1.807, 2.05) is 0 Å². The van der Waals surface area contributed by atoms with Crippen LogP contribution >= 0.6 is 34.8 Å². The topological polar surface area (TPSA) is 12.0 Å². The summed E-state index contributed by atoms with van der Waals surface area (Å²) in [7, 11) is 0. The second-order valence-electron chi connectivity index (χ2n) is 4.78. The highest BCUT2D eigenvalue weighted by Crippen LogP contribution is 2.48. The lowest BCUT2D eigenvalue weighted by atomic mass is 10.0. The van der Waals surface area contributed by atoms with Crippen molar-refractivity contribution in [2.75, 3.05) is 6.54 Å². The molecular weight excluding hydrogens is 277 g/mol. The summed E-state index contributed by atoms with van der Waals surface area (Å²) in [6.45, 7) is 3.96. The molecule has 1 saturated carbocycles. The molecule has 0 aromatic heterocycles. The number of hydrogen-bond acceptors (Lipinski definition) is 1. The van der Waals surface area contributed by atoms with Gasteiger partial charge in [0, 0.05) is 23.7 Å². The number of halogens is 3. The van der Waals surface area contributed by atoms with Crippen LogP contribution in [0.3, 0.4) is 0 Å². The fourth-order valence-electron chi connectivity index (χ4n) is 2.02. The second-order valence-corrected chi connectivity index (χ2v) is 5.97. The molecule has 0 heterocycles. The van der Waals surface area contributed by atoms with E-state index in [2.05, 4.69) is 12.2 Å². The molecule has 0 amide bonds. The lowest BCUT2D eigenvalue weighted by molar-refractivity contribution is 0.443. The van der Waals surface area contributed by atoms with Gasteiger partial charge in [-0.25, -0.2) is 0 Å². The van der Waals surface area contributed by atoms with E-state index in [-0.39, 0.29) is 0 Å². The molecule has 1 aromatic rings. The van der Waals surface area contributed by atoms with Crippen molar-refractivity contribution < 1.29 is 0 Å². The molecule has 0 bridgehead atoms. The summed E-state index contributed by atoms with van der Waals surface area (Å²) in [5.41, 5.74) is 1.42. The van der Waals surface area contributed by atoms with Crippen molar-refractivity contribution in [1.82, 2.24) is 5.32 Å². The molecule has 17 heavy (non-hydrogen) atoms. The Morgan fingerprint density at radius 1 is 1.18 bits per heavy atom. The number of benzene rings is 1. The molecule has 0 unspecified atom stereocenters. The second kappa shape index (κ2) is 5.36. The quantitative estimate of drug-likeness (QED) is 0.759. The minimum atomic E-state index is 0.525. The molecule has 1 fully saturated rings. The standard InChI is InChI=1S/C13H16Cl3N/c1-2-13(5-6-13)8-17-7-9-10(14)3-4-11(15)12(9)16/h3-4,17H,2,5-8H2,1H3. The van der Waals surface area contributed by atoms with Gasteiger partial charge in [0.15, 0.2) is 0 Å². The van der Waals surface area contributed by atoms with Crippen LogP contribution in [0.5, 0.6) is 0 Å². The molecule has 1 aliphatic rings. The van der Waals surface area contributed by atoms with Gasteiger partial charge in [0.05, 0.1) is 10.0 Å². The van der Waals surface area contributed by atoms with E-state index in [1.165, 1.54) is 19.3 Å². The third kappa shape index (κ3) is 3.08. The van der Waals surface area contributed by atoms with Crippen LogP contribution in [-0.2, 0) is 6.54 Å².